The van der Waals surface area contributed by atoms with Gasteiger partial charge in [0.05, 0.1) is 102 Å². The molecule has 10 atom stereocenters. The molecule has 6 aromatic heterocycles. The Morgan fingerprint density at radius 1 is 0.663 bits per heavy atom. The van der Waals surface area contributed by atoms with Crippen LogP contribution in [-0.2, 0) is 66.4 Å². The Bertz CT molecular complexity index is 4800. The largest absolute Gasteiger partial charge is 0.496 e. The Labute approximate surface area is 553 Å². The van der Waals surface area contributed by atoms with Gasteiger partial charge in [0.2, 0.25) is 31.8 Å². The molecule has 8 aromatic rings. The van der Waals surface area contributed by atoms with E-state index in [1.54, 1.807) is 44.2 Å². The summed E-state index contributed by atoms with van der Waals surface area (Å²) in [4.78, 5) is 99.2. The minimum Gasteiger partial charge on any atom is -0.496 e. The zero-order chi connectivity index (χ0) is 67.4. The summed E-state index contributed by atoms with van der Waals surface area (Å²) in [6.45, 7) is 9.52. The highest BCUT2D eigenvalue weighted by Gasteiger charge is 2.60. The number of ether oxygens (including phenoxy) is 6. The second-order valence-corrected chi connectivity index (χ2v) is 32.6. The maximum absolute atomic E-state index is 15.3. The van der Waals surface area contributed by atoms with Crippen LogP contribution in [0.15, 0.2) is 95.2 Å². The maximum atomic E-state index is 15.3. The number of benzene rings is 2. The van der Waals surface area contributed by atoms with Gasteiger partial charge in [-0.15, -0.1) is 22.7 Å². The zero-order valence-electron chi connectivity index (χ0n) is 53.8. The van der Waals surface area contributed by atoms with Crippen LogP contribution in [0.25, 0.3) is 42.0 Å². The van der Waals surface area contributed by atoms with Crippen molar-refractivity contribution in [2.45, 2.75) is 196 Å². The molecule has 0 spiro atoms. The summed E-state index contributed by atoms with van der Waals surface area (Å²) in [7, 11) is -6.10. The molecule has 506 valence electrons. The lowest BCUT2D eigenvalue weighted by molar-refractivity contribution is -0.123. The van der Waals surface area contributed by atoms with Crippen molar-refractivity contribution in [3.05, 3.63) is 137 Å². The predicted molar refractivity (Wildman–Crippen MR) is 351 cm³/mol. The van der Waals surface area contributed by atoms with E-state index >= 15 is 14.4 Å². The number of oxazole rings is 2. The first-order valence-corrected chi connectivity index (χ1v) is 36.2. The maximum Gasteiger partial charge on any atom is 0.332 e. The first-order valence-electron chi connectivity index (χ1n) is 31.6. The Morgan fingerprint density at radius 3 is 1.53 bits per heavy atom. The minimum atomic E-state index is -4.81. The fourth-order valence-corrected chi connectivity index (χ4v) is 18.5. The standard InChI is InChI=1S/C65H74N8O18S4/c1-33-50-58(76)73(62(78)70(60(50)92-52(33)56-66-24-25-86-56)31-47(43-14-10-12-16-45(43)84-8)89-41-26-37-18-19-38(27-41)87-37)36(4)55(75)69-95(82,83)65(22-23-65)49-30-67-57(91-49)53-34(2)51-59(77)72(35(3)54(74)68-94(80,81)64(5,6)7)63(79)71(61(51)93-53)32-48(44-15-11-13-17-46(44)85-9)90-42-28-39-20-21-40(29-42)88-39/h10-17,24-25,30,35-42,47-48H,18-23,26-29,31-32H2,1-9H3,(H,68,74)(H,69,75)/t35-,36-,37-,38?,39-,40+,41?,42?,47-,48-/m0/s1. The third kappa shape index (κ3) is 11.9. The van der Waals surface area contributed by atoms with Crippen molar-refractivity contribution in [1.82, 2.24) is 37.7 Å². The molecule has 4 bridgehead atoms. The summed E-state index contributed by atoms with van der Waals surface area (Å²) < 4.78 is 111. The normalized spacial score (nSPS) is 22.2. The van der Waals surface area contributed by atoms with Crippen LogP contribution in [0.3, 0.4) is 0 Å². The number of nitrogens with zero attached hydrogens (tertiary/aromatic N) is 6. The molecule has 0 radical (unpaired) electrons. The van der Waals surface area contributed by atoms with Crippen LogP contribution < -0.4 is 41.4 Å². The van der Waals surface area contributed by atoms with Crippen LogP contribution >= 0.6 is 22.7 Å². The second kappa shape index (κ2) is 25.1. The molecule has 26 nitrogen and oxygen atoms in total. The molecule has 4 saturated heterocycles. The number of nitrogens with one attached hydrogen (secondary N) is 2. The molecule has 30 heteroatoms. The molecule has 5 fully saturated rings. The van der Waals surface area contributed by atoms with E-state index in [2.05, 4.69) is 19.4 Å². The first-order chi connectivity index (χ1) is 45.2. The van der Waals surface area contributed by atoms with Crippen molar-refractivity contribution in [3.63, 3.8) is 0 Å². The van der Waals surface area contributed by atoms with E-state index < -0.39 is 88.1 Å². The summed E-state index contributed by atoms with van der Waals surface area (Å²) >= 11 is 2.05. The number of thiophene rings is 2. The number of amides is 2. The van der Waals surface area contributed by atoms with E-state index in [0.29, 0.717) is 63.3 Å². The van der Waals surface area contributed by atoms with E-state index in [9.17, 15) is 31.2 Å². The lowest BCUT2D eigenvalue weighted by Crippen LogP contribution is -2.49. The van der Waals surface area contributed by atoms with E-state index in [-0.39, 0.29) is 111 Å². The number of rotatable bonds is 22. The van der Waals surface area contributed by atoms with Gasteiger partial charge in [-0.2, -0.15) is 0 Å². The van der Waals surface area contributed by atoms with Gasteiger partial charge < -0.3 is 37.3 Å². The summed E-state index contributed by atoms with van der Waals surface area (Å²) in [5, 5.41) is 0.0274. The van der Waals surface area contributed by atoms with Crippen molar-refractivity contribution < 1.29 is 63.7 Å². The topological polar surface area (TPSA) is 322 Å². The highest BCUT2D eigenvalue weighted by Crippen LogP contribution is 2.54. The number of fused-ring (bicyclic) bond motifs is 6. The third-order valence-electron chi connectivity index (χ3n) is 19.2. The highest BCUT2D eigenvalue weighted by molar-refractivity contribution is 7.91. The number of carbonyl (C=O) groups is 2. The number of sulfonamides is 2. The summed E-state index contributed by atoms with van der Waals surface area (Å²) in [6, 6.07) is 11.0. The Hall–Kier alpha value is -7.58. The van der Waals surface area contributed by atoms with Crippen molar-refractivity contribution in [3.8, 4) is 33.0 Å². The quantitative estimate of drug-likeness (QED) is 0.0646. The number of aryl methyl sites for hydroxylation is 2. The van der Waals surface area contributed by atoms with E-state index in [4.69, 9.17) is 37.3 Å². The molecule has 95 heavy (non-hydrogen) atoms. The average molecular weight is 1380 g/mol. The first kappa shape index (κ1) is 66.1. The van der Waals surface area contributed by atoms with Gasteiger partial charge in [0.25, 0.3) is 22.9 Å². The molecule has 1 saturated carbocycles. The lowest BCUT2D eigenvalue weighted by atomic mass is 10.0. The van der Waals surface area contributed by atoms with Crippen molar-refractivity contribution in [1.29, 1.82) is 0 Å². The van der Waals surface area contributed by atoms with Crippen LogP contribution in [0.5, 0.6) is 11.5 Å². The fraction of sp³-hybridized carbons (Fsp3) is 0.508. The van der Waals surface area contributed by atoms with Gasteiger partial charge in [-0.25, -0.2) is 45.5 Å². The Balaban J connectivity index is 0.850. The molecule has 3 unspecified atom stereocenters. The Morgan fingerprint density at radius 2 is 1.11 bits per heavy atom. The summed E-state index contributed by atoms with van der Waals surface area (Å²) in [5.74, 6) is -1.54. The number of carbonyl (C=O) groups excluding carboxylic acids is 2. The van der Waals surface area contributed by atoms with Gasteiger partial charge in [-0.1, -0.05) is 36.4 Å². The van der Waals surface area contributed by atoms with Gasteiger partial charge in [0.1, 0.15) is 57.5 Å². The molecule has 5 aliphatic rings. The molecular weight excluding hydrogens is 1310 g/mol. The van der Waals surface area contributed by atoms with Crippen LogP contribution in [0.2, 0.25) is 0 Å². The van der Waals surface area contributed by atoms with Crippen LogP contribution in [0.4, 0.5) is 0 Å². The summed E-state index contributed by atoms with van der Waals surface area (Å²) in [6.07, 6.45) is 7.56. The average Bonchev–Trinajstić information content (AvgIpc) is 1.60. The predicted octanol–water partition coefficient (Wildman–Crippen LogP) is 8.14. The molecule has 2 N–H and O–H groups in total. The van der Waals surface area contributed by atoms with Crippen LogP contribution in [-0.4, -0.2) is 112 Å². The fourth-order valence-electron chi connectivity index (χ4n) is 13.7. The number of hydrogen-bond donors (Lipinski definition) is 2. The highest BCUT2D eigenvalue weighted by atomic mass is 32.2. The van der Waals surface area contributed by atoms with Crippen LogP contribution in [0, 0.1) is 13.8 Å². The molecule has 2 amide bonds. The van der Waals surface area contributed by atoms with E-state index in [1.165, 1.54) is 76.6 Å². The van der Waals surface area contributed by atoms with Gasteiger partial charge in [0.15, 0.2) is 4.75 Å². The van der Waals surface area contributed by atoms with E-state index in [1.807, 2.05) is 18.2 Å². The molecule has 4 aliphatic heterocycles. The molecular formula is C65H74N8O18S4. The number of aromatic nitrogens is 6. The SMILES string of the molecule is COc1ccccc1[C@H](Cn1c(=O)n([C@@H](C)C(=O)NS(=O)(=O)C2(c3cnc(-c4sc5c(c4C)c(=O)n([C@@H](C)C(=O)NS(=O)(=O)C(C)(C)C)c(=O)n5C[C@H](OC4C[C@H]5CC[C@@H](C4)O5)c4ccccc4OC)o3)CC2)c(=O)c2c(C)c(-c3ncco3)sc21)OC1CC2CC[C@@H](C1)O2. The van der Waals surface area contributed by atoms with E-state index in [0.717, 1.165) is 52.9 Å². The van der Waals surface area contributed by atoms with Gasteiger partial charge in [0, 0.05) is 11.1 Å². The minimum absolute atomic E-state index is 0.0144. The lowest BCUT2D eigenvalue weighted by Gasteiger charge is -2.32. The molecule has 1 aliphatic carbocycles. The number of para-hydroxylation sites is 2. The number of methoxy groups -OCH3 is 2. The number of hydrogen-bond acceptors (Lipinski definition) is 22. The van der Waals surface area contributed by atoms with Crippen molar-refractivity contribution in [2.24, 2.45) is 0 Å². The summed E-state index contributed by atoms with van der Waals surface area (Å²) in [5.41, 5.74) is -1.84. The smallest absolute Gasteiger partial charge is 0.332 e. The molecule has 10 heterocycles. The van der Waals surface area contributed by atoms with Gasteiger partial charge in [-0.3, -0.25) is 37.8 Å². The Kier molecular flexibility index (Phi) is 17.5. The zero-order valence-corrected chi connectivity index (χ0v) is 57.0. The van der Waals surface area contributed by atoms with Crippen molar-refractivity contribution in [2.75, 3.05) is 14.2 Å². The van der Waals surface area contributed by atoms with Gasteiger partial charge in [-0.05, 0) is 136 Å². The second-order valence-electron chi connectivity index (χ2n) is 26.2. The monoisotopic (exact) mass is 1380 g/mol. The molecule has 2 aromatic carbocycles. The molecule has 13 rings (SSSR count). The van der Waals surface area contributed by atoms with Crippen LogP contribution in [0.1, 0.15) is 151 Å². The third-order valence-corrected chi connectivity index (χ3v) is 26.0. The van der Waals surface area contributed by atoms with Crippen molar-refractivity contribution >= 4 is 75.0 Å². The van der Waals surface area contributed by atoms with Gasteiger partial charge >= 0.3 is 11.4 Å².